The van der Waals surface area contributed by atoms with Crippen LogP contribution < -0.4 is 9.47 Å². The number of aromatic hydroxyl groups is 3. The Hall–Kier alpha value is -3.53. The summed E-state index contributed by atoms with van der Waals surface area (Å²) in [5.41, 5.74) is 0.179. The van der Waals surface area contributed by atoms with E-state index >= 15 is 0 Å². The van der Waals surface area contributed by atoms with Crippen LogP contribution in [0, 0.1) is 11.8 Å². The van der Waals surface area contributed by atoms with Crippen molar-refractivity contribution in [2.24, 2.45) is 0 Å². The summed E-state index contributed by atoms with van der Waals surface area (Å²) in [4.78, 5) is 12.2. The van der Waals surface area contributed by atoms with Crippen LogP contribution in [-0.2, 0) is 4.74 Å². The van der Waals surface area contributed by atoms with Gasteiger partial charge in [0.2, 0.25) is 5.75 Å². The number of rotatable bonds is 5. The van der Waals surface area contributed by atoms with E-state index in [9.17, 15) is 20.1 Å². The molecule has 0 fully saturated rings. The minimum absolute atomic E-state index is 0.154. The fourth-order valence-corrected chi connectivity index (χ4v) is 2.22. The molecule has 3 N–H and O–H groups in total. The zero-order valence-corrected chi connectivity index (χ0v) is 15.2. The lowest BCUT2D eigenvalue weighted by molar-refractivity contribution is 0.0503. The van der Waals surface area contributed by atoms with Gasteiger partial charge in [0.15, 0.2) is 11.5 Å². The van der Waals surface area contributed by atoms with E-state index in [1.165, 1.54) is 14.2 Å². The van der Waals surface area contributed by atoms with E-state index in [4.69, 9.17) is 14.2 Å². The number of esters is 1. The number of carbonyl (C=O) groups is 1. The molecule has 0 atom stereocenters. The molecule has 0 saturated carbocycles. The first-order valence-electron chi connectivity index (χ1n) is 8.11. The molecule has 27 heavy (non-hydrogen) atoms. The first-order chi connectivity index (χ1) is 12.9. The molecule has 0 bridgehead atoms. The van der Waals surface area contributed by atoms with Crippen molar-refractivity contribution < 1.29 is 34.3 Å². The third-order valence-corrected chi connectivity index (χ3v) is 3.59. The molecule has 0 aliphatic heterocycles. The smallest absolute Gasteiger partial charge is 0.339 e. The monoisotopic (exact) mass is 372 g/mol. The van der Waals surface area contributed by atoms with Crippen molar-refractivity contribution in [2.75, 3.05) is 20.8 Å². The second-order valence-electron chi connectivity index (χ2n) is 5.50. The van der Waals surface area contributed by atoms with Crippen LogP contribution >= 0.6 is 0 Å². The van der Waals surface area contributed by atoms with Gasteiger partial charge in [0.25, 0.3) is 0 Å². The van der Waals surface area contributed by atoms with E-state index in [2.05, 4.69) is 11.8 Å². The summed E-state index contributed by atoms with van der Waals surface area (Å²) in [5.74, 6) is 3.55. The molecule has 2 aromatic rings. The Morgan fingerprint density at radius 2 is 1.59 bits per heavy atom. The largest absolute Gasteiger partial charge is 0.504 e. The lowest BCUT2D eigenvalue weighted by atomic mass is 10.0. The Kier molecular flexibility index (Phi) is 6.39. The van der Waals surface area contributed by atoms with Crippen molar-refractivity contribution in [1.29, 1.82) is 0 Å². The minimum atomic E-state index is -0.769. The molecule has 0 heterocycles. The number of ether oxygens (including phenoxy) is 3. The highest BCUT2D eigenvalue weighted by Gasteiger charge is 2.21. The predicted molar refractivity (Wildman–Crippen MR) is 97.5 cm³/mol. The molecule has 0 saturated heterocycles. The SMILES string of the molecule is CCCOC(=O)c1cc(O)c(O)c(O)c1C#Cc1cc(OC)cc(OC)c1. The van der Waals surface area contributed by atoms with Crippen molar-refractivity contribution in [3.63, 3.8) is 0 Å². The number of hydrogen-bond donors (Lipinski definition) is 3. The molecule has 2 rings (SSSR count). The number of hydrogen-bond acceptors (Lipinski definition) is 7. The van der Waals surface area contributed by atoms with E-state index in [1.807, 2.05) is 6.92 Å². The van der Waals surface area contributed by atoms with Crippen molar-refractivity contribution in [2.45, 2.75) is 13.3 Å². The van der Waals surface area contributed by atoms with E-state index < -0.39 is 23.2 Å². The first kappa shape index (κ1) is 19.8. The highest BCUT2D eigenvalue weighted by atomic mass is 16.5. The number of methoxy groups -OCH3 is 2. The first-order valence-corrected chi connectivity index (χ1v) is 8.11. The molecule has 7 nitrogen and oxygen atoms in total. The summed E-state index contributed by atoms with van der Waals surface area (Å²) in [6.45, 7) is 2.00. The van der Waals surface area contributed by atoms with Crippen LogP contribution in [0.25, 0.3) is 0 Å². The average Bonchev–Trinajstić information content (AvgIpc) is 2.68. The van der Waals surface area contributed by atoms with Gasteiger partial charge in [-0.1, -0.05) is 18.8 Å². The predicted octanol–water partition coefficient (Wildman–Crippen LogP) is 2.79. The maximum absolute atomic E-state index is 12.2. The van der Waals surface area contributed by atoms with Crippen molar-refractivity contribution in [3.05, 3.63) is 41.0 Å². The van der Waals surface area contributed by atoms with Gasteiger partial charge in [0, 0.05) is 11.6 Å². The molecule has 0 unspecified atom stereocenters. The maximum atomic E-state index is 12.2. The fraction of sp³-hybridized carbons (Fsp3) is 0.250. The summed E-state index contributed by atoms with van der Waals surface area (Å²) < 4.78 is 15.4. The number of benzene rings is 2. The maximum Gasteiger partial charge on any atom is 0.339 e. The third kappa shape index (κ3) is 4.55. The van der Waals surface area contributed by atoms with Crippen molar-refractivity contribution in [3.8, 4) is 40.6 Å². The van der Waals surface area contributed by atoms with E-state index in [0.29, 0.717) is 23.5 Å². The molecular formula is C20H20O7. The van der Waals surface area contributed by atoms with Crippen LogP contribution in [0.2, 0.25) is 0 Å². The summed E-state index contributed by atoms with van der Waals surface area (Å²) in [6, 6.07) is 5.95. The summed E-state index contributed by atoms with van der Waals surface area (Å²) in [6.07, 6.45) is 0.604. The molecule has 142 valence electrons. The number of phenols is 3. The Bertz CT molecular complexity index is 885. The van der Waals surface area contributed by atoms with Gasteiger partial charge in [-0.3, -0.25) is 0 Å². The second kappa shape index (κ2) is 8.72. The summed E-state index contributed by atoms with van der Waals surface area (Å²) in [7, 11) is 3.00. The summed E-state index contributed by atoms with van der Waals surface area (Å²) in [5, 5.41) is 29.6. The minimum Gasteiger partial charge on any atom is -0.504 e. The average molecular weight is 372 g/mol. The standard InChI is InChI=1S/C20H20O7/c1-4-7-27-20(24)16-11-17(21)19(23)18(22)15(16)6-5-12-8-13(25-2)10-14(9-12)26-3/h8-11,21-23H,4,7H2,1-3H3. The lowest BCUT2D eigenvalue weighted by Crippen LogP contribution is -2.08. The Labute approximate surface area is 156 Å². The molecule has 0 aliphatic carbocycles. The molecule has 0 amide bonds. The highest BCUT2D eigenvalue weighted by Crippen LogP contribution is 2.39. The quantitative estimate of drug-likeness (QED) is 0.421. The van der Waals surface area contributed by atoms with E-state index in [0.717, 1.165) is 6.07 Å². The Morgan fingerprint density at radius 3 is 2.15 bits per heavy atom. The van der Waals surface area contributed by atoms with Crippen LogP contribution in [0.5, 0.6) is 28.7 Å². The van der Waals surface area contributed by atoms with E-state index in [1.54, 1.807) is 18.2 Å². The van der Waals surface area contributed by atoms with Crippen LogP contribution in [0.3, 0.4) is 0 Å². The van der Waals surface area contributed by atoms with Crippen LogP contribution in [0.1, 0.15) is 34.8 Å². The lowest BCUT2D eigenvalue weighted by Gasteiger charge is -2.10. The zero-order valence-electron chi connectivity index (χ0n) is 15.2. The van der Waals surface area contributed by atoms with Crippen LogP contribution in [0.4, 0.5) is 0 Å². The van der Waals surface area contributed by atoms with Gasteiger partial charge in [-0.05, 0) is 24.6 Å². The topological polar surface area (TPSA) is 105 Å². The molecule has 0 spiro atoms. The Morgan fingerprint density at radius 1 is 0.963 bits per heavy atom. The molecular weight excluding hydrogens is 352 g/mol. The third-order valence-electron chi connectivity index (χ3n) is 3.59. The van der Waals surface area contributed by atoms with Crippen molar-refractivity contribution >= 4 is 5.97 Å². The van der Waals surface area contributed by atoms with Crippen LogP contribution in [0.15, 0.2) is 24.3 Å². The van der Waals surface area contributed by atoms with Crippen LogP contribution in [-0.4, -0.2) is 42.1 Å². The molecule has 0 aromatic heterocycles. The van der Waals surface area contributed by atoms with Gasteiger partial charge in [-0.2, -0.15) is 0 Å². The molecule has 7 heteroatoms. The van der Waals surface area contributed by atoms with Gasteiger partial charge in [-0.15, -0.1) is 0 Å². The molecule has 2 aromatic carbocycles. The van der Waals surface area contributed by atoms with E-state index in [-0.39, 0.29) is 17.7 Å². The number of phenolic OH excluding ortho intramolecular Hbond substituents is 3. The second-order valence-corrected chi connectivity index (χ2v) is 5.50. The fourth-order valence-electron chi connectivity index (χ4n) is 2.22. The molecule has 0 aliphatic rings. The van der Waals surface area contributed by atoms with Gasteiger partial charge < -0.3 is 29.5 Å². The zero-order chi connectivity index (χ0) is 20.0. The normalized spacial score (nSPS) is 9.89. The van der Waals surface area contributed by atoms with Gasteiger partial charge in [-0.25, -0.2) is 4.79 Å². The Balaban J connectivity index is 2.55. The van der Waals surface area contributed by atoms with Gasteiger partial charge >= 0.3 is 5.97 Å². The molecule has 0 radical (unpaired) electrons. The highest BCUT2D eigenvalue weighted by molar-refractivity contribution is 5.95. The van der Waals surface area contributed by atoms with Gasteiger partial charge in [0.05, 0.1) is 32.0 Å². The van der Waals surface area contributed by atoms with Gasteiger partial charge in [0.1, 0.15) is 11.5 Å². The number of carbonyl (C=O) groups excluding carboxylic acids is 1. The van der Waals surface area contributed by atoms with Crippen molar-refractivity contribution in [1.82, 2.24) is 0 Å². The summed E-state index contributed by atoms with van der Waals surface area (Å²) >= 11 is 0.